The van der Waals surface area contributed by atoms with Crippen molar-refractivity contribution in [2.45, 2.75) is 20.8 Å². The highest BCUT2D eigenvalue weighted by Crippen LogP contribution is 2.16. The van der Waals surface area contributed by atoms with Crippen molar-refractivity contribution in [2.24, 2.45) is 5.41 Å². The zero-order valence-corrected chi connectivity index (χ0v) is 10.6. The van der Waals surface area contributed by atoms with Crippen LogP contribution in [0.25, 0.3) is 6.08 Å². The van der Waals surface area contributed by atoms with Gasteiger partial charge in [-0.05, 0) is 35.3 Å². The summed E-state index contributed by atoms with van der Waals surface area (Å²) < 4.78 is 0. The zero-order valence-electron chi connectivity index (χ0n) is 10.6. The number of aliphatic hydroxyl groups is 1. The van der Waals surface area contributed by atoms with Crippen molar-refractivity contribution in [1.82, 2.24) is 0 Å². The highest BCUT2D eigenvalue weighted by atomic mass is 16.3. The molecule has 1 heteroatoms. The van der Waals surface area contributed by atoms with Gasteiger partial charge in [0.05, 0.1) is 0 Å². The SMILES string of the molecule is C#Cc1cccc(/C=C(O)\C=C\C(C)(C)C)c1. The molecule has 17 heavy (non-hydrogen) atoms. The minimum Gasteiger partial charge on any atom is -0.508 e. The second-order valence-electron chi connectivity index (χ2n) is 5.04. The Bertz CT molecular complexity index is 479. The lowest BCUT2D eigenvalue weighted by Gasteiger charge is -2.10. The predicted molar refractivity (Wildman–Crippen MR) is 73.6 cm³/mol. The van der Waals surface area contributed by atoms with Gasteiger partial charge in [0.25, 0.3) is 0 Å². The fourth-order valence-corrected chi connectivity index (χ4v) is 1.27. The van der Waals surface area contributed by atoms with E-state index in [1.165, 1.54) is 0 Å². The molecule has 0 aromatic heterocycles. The van der Waals surface area contributed by atoms with Crippen molar-refractivity contribution < 1.29 is 5.11 Å². The molecule has 0 saturated carbocycles. The van der Waals surface area contributed by atoms with E-state index in [9.17, 15) is 5.11 Å². The average Bonchev–Trinajstić information content (AvgIpc) is 2.26. The van der Waals surface area contributed by atoms with E-state index >= 15 is 0 Å². The van der Waals surface area contributed by atoms with Crippen molar-refractivity contribution in [3.8, 4) is 12.3 Å². The monoisotopic (exact) mass is 226 g/mol. The molecule has 0 fully saturated rings. The second-order valence-corrected chi connectivity index (χ2v) is 5.04. The normalized spacial score (nSPS) is 12.7. The van der Waals surface area contributed by atoms with Crippen LogP contribution in [0.4, 0.5) is 0 Å². The van der Waals surface area contributed by atoms with Crippen LogP contribution in [0.5, 0.6) is 0 Å². The summed E-state index contributed by atoms with van der Waals surface area (Å²) in [7, 11) is 0. The van der Waals surface area contributed by atoms with Gasteiger partial charge in [-0.1, -0.05) is 44.9 Å². The van der Waals surface area contributed by atoms with Gasteiger partial charge in [-0.3, -0.25) is 0 Å². The van der Waals surface area contributed by atoms with E-state index < -0.39 is 0 Å². The molecule has 1 aromatic rings. The van der Waals surface area contributed by atoms with Crippen LogP contribution in [-0.4, -0.2) is 5.11 Å². The molecule has 0 aliphatic carbocycles. The van der Waals surface area contributed by atoms with Crippen molar-refractivity contribution in [2.75, 3.05) is 0 Å². The van der Waals surface area contributed by atoms with Crippen molar-refractivity contribution >= 4 is 6.08 Å². The number of hydrogen-bond acceptors (Lipinski definition) is 1. The topological polar surface area (TPSA) is 20.2 Å². The quantitative estimate of drug-likeness (QED) is 0.456. The molecule has 0 atom stereocenters. The largest absolute Gasteiger partial charge is 0.508 e. The molecule has 1 aromatic carbocycles. The summed E-state index contributed by atoms with van der Waals surface area (Å²) in [5.74, 6) is 2.80. The van der Waals surface area contributed by atoms with E-state index in [2.05, 4.69) is 26.7 Å². The highest BCUT2D eigenvalue weighted by molar-refractivity contribution is 5.56. The summed E-state index contributed by atoms with van der Waals surface area (Å²) in [6, 6.07) is 7.50. The van der Waals surface area contributed by atoms with Crippen LogP contribution >= 0.6 is 0 Å². The number of rotatable bonds is 2. The Balaban J connectivity index is 2.88. The lowest BCUT2D eigenvalue weighted by atomic mass is 9.96. The number of terminal acetylenes is 1. The predicted octanol–water partition coefficient (Wildman–Crippen LogP) is 4.17. The molecule has 0 spiro atoms. The minimum atomic E-state index is 0.0580. The van der Waals surface area contributed by atoms with E-state index in [4.69, 9.17) is 6.42 Å². The number of aliphatic hydroxyl groups excluding tert-OH is 1. The summed E-state index contributed by atoms with van der Waals surface area (Å²) in [4.78, 5) is 0. The first-order chi connectivity index (χ1) is 7.90. The Labute approximate surface area is 103 Å². The van der Waals surface area contributed by atoms with E-state index in [0.717, 1.165) is 11.1 Å². The van der Waals surface area contributed by atoms with E-state index in [-0.39, 0.29) is 11.2 Å². The van der Waals surface area contributed by atoms with Gasteiger partial charge in [-0.25, -0.2) is 0 Å². The van der Waals surface area contributed by atoms with Crippen molar-refractivity contribution in [3.05, 3.63) is 53.3 Å². The first-order valence-corrected chi connectivity index (χ1v) is 5.57. The summed E-state index contributed by atoms with van der Waals surface area (Å²) in [5.41, 5.74) is 1.77. The molecule has 88 valence electrons. The smallest absolute Gasteiger partial charge is 0.115 e. The lowest BCUT2D eigenvalue weighted by molar-refractivity contribution is 0.434. The van der Waals surface area contributed by atoms with Crippen LogP contribution in [0, 0.1) is 17.8 Å². The van der Waals surface area contributed by atoms with Gasteiger partial charge in [-0.15, -0.1) is 6.42 Å². The first kappa shape index (κ1) is 13.1. The molecule has 1 nitrogen and oxygen atoms in total. The van der Waals surface area contributed by atoms with Gasteiger partial charge in [0.15, 0.2) is 0 Å². The summed E-state index contributed by atoms with van der Waals surface area (Å²) >= 11 is 0. The van der Waals surface area contributed by atoms with Gasteiger partial charge in [0.2, 0.25) is 0 Å². The molecule has 0 amide bonds. The average molecular weight is 226 g/mol. The second kappa shape index (κ2) is 5.41. The standard InChI is InChI=1S/C16H18O/c1-5-13-7-6-8-14(11-13)12-15(17)9-10-16(2,3)4/h1,6-12,17H,2-4H3/b10-9+,15-12+. The molecular weight excluding hydrogens is 208 g/mol. The molecule has 0 bridgehead atoms. The van der Waals surface area contributed by atoms with E-state index in [0.29, 0.717) is 0 Å². The number of allylic oxidation sites excluding steroid dienone is 2. The van der Waals surface area contributed by atoms with Crippen LogP contribution in [0.15, 0.2) is 42.2 Å². The first-order valence-electron chi connectivity index (χ1n) is 5.57. The van der Waals surface area contributed by atoms with E-state index in [1.54, 1.807) is 12.2 Å². The van der Waals surface area contributed by atoms with E-state index in [1.807, 2.05) is 30.3 Å². The van der Waals surface area contributed by atoms with Crippen molar-refractivity contribution in [3.63, 3.8) is 0 Å². The molecule has 0 saturated heterocycles. The fourth-order valence-electron chi connectivity index (χ4n) is 1.27. The maximum atomic E-state index is 9.75. The van der Waals surface area contributed by atoms with Gasteiger partial charge in [0, 0.05) is 5.56 Å². The third-order valence-corrected chi connectivity index (χ3v) is 2.12. The molecular formula is C16H18O. The zero-order chi connectivity index (χ0) is 12.9. The molecule has 0 unspecified atom stereocenters. The van der Waals surface area contributed by atoms with Crippen LogP contribution in [0.2, 0.25) is 0 Å². The van der Waals surface area contributed by atoms with Gasteiger partial charge in [0.1, 0.15) is 5.76 Å². The molecule has 1 rings (SSSR count). The Hall–Kier alpha value is -1.94. The molecule has 0 aliphatic heterocycles. The van der Waals surface area contributed by atoms with Gasteiger partial charge >= 0.3 is 0 Å². The number of benzene rings is 1. The lowest BCUT2D eigenvalue weighted by Crippen LogP contribution is -1.98. The van der Waals surface area contributed by atoms with Crippen LogP contribution in [-0.2, 0) is 0 Å². The maximum Gasteiger partial charge on any atom is 0.115 e. The fraction of sp³-hybridized carbons (Fsp3) is 0.250. The van der Waals surface area contributed by atoms with Gasteiger partial charge < -0.3 is 5.11 Å². The third kappa shape index (κ3) is 5.08. The van der Waals surface area contributed by atoms with Crippen LogP contribution in [0.1, 0.15) is 31.9 Å². The Morgan fingerprint density at radius 3 is 2.65 bits per heavy atom. The summed E-state index contributed by atoms with van der Waals surface area (Å²) in [5, 5.41) is 9.75. The van der Waals surface area contributed by atoms with Crippen LogP contribution < -0.4 is 0 Å². The van der Waals surface area contributed by atoms with Gasteiger partial charge in [-0.2, -0.15) is 0 Å². The molecule has 0 aliphatic rings. The Kier molecular flexibility index (Phi) is 4.17. The summed E-state index contributed by atoms with van der Waals surface area (Å²) in [6.45, 7) is 6.24. The van der Waals surface area contributed by atoms with Crippen LogP contribution in [0.3, 0.4) is 0 Å². The molecule has 1 N–H and O–H groups in total. The number of hydrogen-bond donors (Lipinski definition) is 1. The molecule has 0 radical (unpaired) electrons. The Morgan fingerprint density at radius 2 is 2.06 bits per heavy atom. The summed E-state index contributed by atoms with van der Waals surface area (Å²) in [6.07, 6.45) is 10.7. The van der Waals surface area contributed by atoms with Crippen molar-refractivity contribution in [1.29, 1.82) is 0 Å². The third-order valence-electron chi connectivity index (χ3n) is 2.12. The highest BCUT2D eigenvalue weighted by Gasteiger charge is 2.03. The minimum absolute atomic E-state index is 0.0580. The Morgan fingerprint density at radius 1 is 1.35 bits per heavy atom. The maximum absolute atomic E-state index is 9.75. The molecule has 0 heterocycles.